The molecule has 0 spiro atoms. The molecule has 12 nitrogen and oxygen atoms in total. The van der Waals surface area contributed by atoms with Crippen LogP contribution in [0, 0.1) is 0 Å². The van der Waals surface area contributed by atoms with E-state index in [4.69, 9.17) is 38.0 Å². The zero-order valence-electron chi connectivity index (χ0n) is 15.4. The van der Waals surface area contributed by atoms with E-state index < -0.39 is 41.8 Å². The van der Waals surface area contributed by atoms with Crippen LogP contribution in [0.25, 0.3) is 0 Å². The van der Waals surface area contributed by atoms with Crippen LogP contribution < -0.4 is 40.7 Å². The maximum absolute atomic E-state index is 11.5. The number of amidine groups is 1. The van der Waals surface area contributed by atoms with Crippen LogP contribution in [-0.4, -0.2) is 37.7 Å². The molecule has 0 aromatic heterocycles. The second-order valence-electron chi connectivity index (χ2n) is 5.32. The number of nitrogens with one attached hydrogen (secondary N) is 1. The van der Waals surface area contributed by atoms with Gasteiger partial charge in [0.15, 0.2) is 0 Å². The van der Waals surface area contributed by atoms with Crippen LogP contribution >= 0.6 is 23.2 Å². The summed E-state index contributed by atoms with van der Waals surface area (Å²) in [7, 11) is -9.07. The van der Waals surface area contributed by atoms with Crippen LogP contribution in [0.15, 0.2) is 61.5 Å². The third kappa shape index (κ3) is 7.78. The van der Waals surface area contributed by atoms with Crippen LogP contribution in [0.4, 0.5) is 11.4 Å². The van der Waals surface area contributed by atoms with Gasteiger partial charge in [-0.15, -0.1) is 15.3 Å². The molecule has 0 heterocycles. The van der Waals surface area contributed by atoms with Gasteiger partial charge in [0.2, 0.25) is 0 Å². The van der Waals surface area contributed by atoms with Gasteiger partial charge in [0, 0.05) is 0 Å². The van der Waals surface area contributed by atoms with E-state index in [0.717, 1.165) is 36.4 Å². The molecule has 5 N–H and O–H groups in total. The van der Waals surface area contributed by atoms with Crippen LogP contribution in [-0.2, 0) is 25.0 Å². The summed E-state index contributed by atoms with van der Waals surface area (Å²) in [6, 6.07) is 6.15. The molecule has 31 heavy (non-hydrogen) atoms. The molecule has 0 saturated heterocycles. The summed E-state index contributed by atoms with van der Waals surface area (Å²) in [5, 5.41) is 10.5. The minimum absolute atomic E-state index is 0. The van der Waals surface area contributed by atoms with Crippen molar-refractivity contribution in [3.8, 4) is 0 Å². The fourth-order valence-corrected chi connectivity index (χ4v) is 3.14. The van der Waals surface area contributed by atoms with Crippen molar-refractivity contribution in [1.82, 2.24) is 0 Å². The van der Waals surface area contributed by atoms with Gasteiger partial charge >= 0.3 is 29.6 Å². The van der Waals surface area contributed by atoms with E-state index in [0.29, 0.717) is 0 Å². The average molecular weight is 519 g/mol. The van der Waals surface area contributed by atoms with Gasteiger partial charge in [-0.2, -0.15) is 16.8 Å². The van der Waals surface area contributed by atoms with Gasteiger partial charge in [0.05, 0.1) is 25.5 Å². The van der Waals surface area contributed by atoms with Gasteiger partial charge in [-0.25, -0.2) is 0 Å². The van der Waals surface area contributed by atoms with Gasteiger partial charge in [0.25, 0.3) is 32.0 Å². The molecular formula is C14H11Cl2N5NaO7S2+. The number of amides is 1. The maximum atomic E-state index is 11.5. The molecule has 1 amide bonds. The minimum atomic E-state index is -4.54. The number of azo groups is 1. The first-order chi connectivity index (χ1) is 13.8. The first kappa shape index (κ1) is 27.4. The van der Waals surface area contributed by atoms with Crippen molar-refractivity contribution in [1.29, 1.82) is 0 Å². The van der Waals surface area contributed by atoms with E-state index >= 15 is 0 Å². The third-order valence-corrected chi connectivity index (χ3v) is 5.55. The molecule has 2 aromatic carbocycles. The van der Waals surface area contributed by atoms with Crippen molar-refractivity contribution in [2.45, 2.75) is 9.79 Å². The van der Waals surface area contributed by atoms with E-state index in [2.05, 4.69) is 20.8 Å². The smallest absolute Gasteiger partial charge is 0.363 e. The Morgan fingerprint density at radius 2 is 1.45 bits per heavy atom. The molecule has 0 saturated carbocycles. The summed E-state index contributed by atoms with van der Waals surface area (Å²) in [6.07, 6.45) is 0. The van der Waals surface area contributed by atoms with Crippen LogP contribution in [0.1, 0.15) is 0 Å². The Morgan fingerprint density at radius 1 is 0.935 bits per heavy atom. The van der Waals surface area contributed by atoms with Gasteiger partial charge in [-0.3, -0.25) is 19.3 Å². The van der Waals surface area contributed by atoms with Crippen LogP contribution in [0.5, 0.6) is 0 Å². The molecule has 0 aliphatic heterocycles. The van der Waals surface area contributed by atoms with Crippen molar-refractivity contribution in [3.05, 3.63) is 46.4 Å². The van der Waals surface area contributed by atoms with E-state index in [1.807, 2.05) is 0 Å². The number of carbonyl (C=O) groups is 1. The van der Waals surface area contributed by atoms with E-state index in [9.17, 15) is 21.6 Å². The molecule has 2 aromatic rings. The second-order valence-corrected chi connectivity index (χ2v) is 8.97. The van der Waals surface area contributed by atoms with Crippen LogP contribution in [0.2, 0.25) is 10.0 Å². The Kier molecular flexibility index (Phi) is 9.55. The molecule has 160 valence electrons. The fourth-order valence-electron chi connectivity index (χ4n) is 1.82. The summed E-state index contributed by atoms with van der Waals surface area (Å²) >= 11 is 11.8. The maximum Gasteiger partial charge on any atom is 1.00 e. The van der Waals surface area contributed by atoms with E-state index in [-0.39, 0.29) is 51.0 Å². The minimum Gasteiger partial charge on any atom is -0.363 e. The molecule has 0 unspecified atom stereocenters. The average Bonchev–Trinajstić information content (AvgIpc) is 2.62. The standard InChI is InChI=1S/C14H11Cl2N5O7S2.Na/c15-9-3-1-7(29(23,24)25)5-11(9)18-20-14(13(17)22)21-19-12-6-8(30(26,27)28)2-4-10(12)16;/h1-6,18H,(H2,17,22)(H,23,24,25)(H,26,27,28);/q;+1/b20-14+,21-19?;. The molecule has 0 bridgehead atoms. The summed E-state index contributed by atoms with van der Waals surface area (Å²) in [4.78, 5) is 10.5. The van der Waals surface area contributed by atoms with Crippen molar-refractivity contribution < 1.29 is 60.3 Å². The molecule has 0 aliphatic carbocycles. The van der Waals surface area contributed by atoms with Crippen molar-refractivity contribution in [3.63, 3.8) is 0 Å². The number of carbonyl (C=O) groups excluding carboxylic acids is 1. The molecular weight excluding hydrogens is 508 g/mol. The number of benzene rings is 2. The second kappa shape index (κ2) is 10.8. The van der Waals surface area contributed by atoms with Crippen molar-refractivity contribution >= 4 is 66.6 Å². The monoisotopic (exact) mass is 518 g/mol. The number of anilines is 1. The van der Waals surface area contributed by atoms with Crippen LogP contribution in [0.3, 0.4) is 0 Å². The van der Waals surface area contributed by atoms with E-state index in [1.165, 1.54) is 0 Å². The molecule has 0 fully saturated rings. The summed E-state index contributed by atoms with van der Waals surface area (Å²) in [5.41, 5.74) is 7.04. The van der Waals surface area contributed by atoms with Crippen molar-refractivity contribution in [2.75, 3.05) is 5.43 Å². The van der Waals surface area contributed by atoms with Gasteiger partial charge in [-0.1, -0.05) is 23.2 Å². The van der Waals surface area contributed by atoms with Gasteiger partial charge in [0.1, 0.15) is 5.69 Å². The SMILES string of the molecule is NC(=O)/C(N=Nc1cc(S(=O)(=O)O)ccc1Cl)=N\Nc1cc(S(=O)(=O)O)ccc1Cl.[Na+]. The van der Waals surface area contributed by atoms with E-state index in [1.54, 1.807) is 0 Å². The number of nitrogens with zero attached hydrogens (tertiary/aromatic N) is 3. The summed E-state index contributed by atoms with van der Waals surface area (Å²) in [5.74, 6) is -1.90. The first-order valence-electron chi connectivity index (χ1n) is 7.38. The van der Waals surface area contributed by atoms with Gasteiger partial charge < -0.3 is 5.73 Å². The number of rotatable bonds is 5. The predicted octanol–water partition coefficient (Wildman–Crippen LogP) is -0.515. The summed E-state index contributed by atoms with van der Waals surface area (Å²) < 4.78 is 62.9. The quantitative estimate of drug-likeness (QED) is 0.101. The Balaban J connectivity index is 0.00000480. The largest absolute Gasteiger partial charge is 1.00 e. The molecule has 2 rings (SSSR count). The first-order valence-corrected chi connectivity index (χ1v) is 11.0. The predicted molar refractivity (Wildman–Crippen MR) is 107 cm³/mol. The zero-order chi connectivity index (χ0) is 22.7. The third-order valence-electron chi connectivity index (χ3n) is 3.21. The fraction of sp³-hybridized carbons (Fsp3) is 0. The summed E-state index contributed by atoms with van der Waals surface area (Å²) in [6.45, 7) is 0. The Labute approximate surface area is 208 Å². The number of nitrogens with two attached hydrogens (primary N) is 1. The number of primary amides is 1. The van der Waals surface area contributed by atoms with Crippen molar-refractivity contribution in [2.24, 2.45) is 21.1 Å². The number of halogens is 2. The molecule has 17 heteroatoms. The number of hydrogen-bond donors (Lipinski definition) is 4. The molecule has 0 radical (unpaired) electrons. The Hall–Kier alpha value is -1.62. The molecule has 0 aliphatic rings. The number of hydrazone groups is 1. The Morgan fingerprint density at radius 3 is 1.97 bits per heavy atom. The topological polar surface area (TPSA) is 201 Å². The molecule has 0 atom stereocenters. The zero-order valence-corrected chi connectivity index (χ0v) is 20.5. The van der Waals surface area contributed by atoms with Gasteiger partial charge in [-0.05, 0) is 36.4 Å². The normalized spacial score (nSPS) is 12.5. The Bertz CT molecular complexity index is 1280. The number of hydrogen-bond acceptors (Lipinski definition) is 8.